The van der Waals surface area contributed by atoms with Crippen molar-refractivity contribution in [2.75, 3.05) is 6.61 Å². The molecule has 0 radical (unpaired) electrons. The monoisotopic (exact) mass is 620 g/mol. The lowest BCUT2D eigenvalue weighted by molar-refractivity contribution is -0.149. The molecule has 2 amide bonds. The van der Waals surface area contributed by atoms with Crippen molar-refractivity contribution in [2.45, 2.75) is 78.2 Å². The molecule has 1 aromatic rings. The van der Waals surface area contributed by atoms with Gasteiger partial charge in [-0.25, -0.2) is 14.2 Å². The van der Waals surface area contributed by atoms with Crippen LogP contribution >= 0.6 is 7.75 Å². The van der Waals surface area contributed by atoms with Gasteiger partial charge in [0.25, 0.3) is 0 Å². The van der Waals surface area contributed by atoms with E-state index in [1.54, 1.807) is 45.9 Å². The molecule has 1 aromatic carbocycles. The van der Waals surface area contributed by atoms with Gasteiger partial charge in [0.05, 0.1) is 24.9 Å². The molecule has 0 aliphatic carbocycles. The Morgan fingerprint density at radius 2 is 1.84 bits per heavy atom. The molecule has 15 heteroatoms. The number of esters is 1. The smallest absolute Gasteiger partial charge is 0.462 e. The van der Waals surface area contributed by atoms with Crippen LogP contribution in [0.3, 0.4) is 0 Å². The van der Waals surface area contributed by atoms with Crippen molar-refractivity contribution in [2.24, 2.45) is 5.41 Å². The minimum Gasteiger partial charge on any atom is -0.462 e. The molecular weight excluding hydrogens is 583 g/mol. The van der Waals surface area contributed by atoms with Crippen LogP contribution in [0.25, 0.3) is 0 Å². The molecule has 1 saturated heterocycles. The van der Waals surface area contributed by atoms with Crippen LogP contribution in [-0.4, -0.2) is 66.3 Å². The van der Waals surface area contributed by atoms with Gasteiger partial charge in [-0.05, 0) is 59.8 Å². The van der Waals surface area contributed by atoms with Gasteiger partial charge in [0.1, 0.15) is 23.3 Å². The number of hydrogen-bond donors (Lipinski definition) is 2. The number of nitriles is 1. The number of ether oxygens (including phenoxy) is 4. The molecule has 0 bridgehead atoms. The number of benzene rings is 1. The second kappa shape index (κ2) is 14.1. The zero-order chi connectivity index (χ0) is 31.9. The van der Waals surface area contributed by atoms with Crippen molar-refractivity contribution < 1.29 is 46.9 Å². The molecule has 43 heavy (non-hydrogen) atoms. The first kappa shape index (κ1) is 33.6. The maximum absolute atomic E-state index is 14.0. The van der Waals surface area contributed by atoms with Gasteiger partial charge < -0.3 is 28.8 Å². The zero-order valence-electron chi connectivity index (χ0n) is 24.8. The van der Waals surface area contributed by atoms with Crippen LogP contribution in [0.5, 0.6) is 5.75 Å². The molecule has 14 nitrogen and oxygen atoms in total. The number of carbonyl (C=O) groups is 3. The van der Waals surface area contributed by atoms with Gasteiger partial charge in [-0.1, -0.05) is 24.8 Å². The molecule has 2 heterocycles. The van der Waals surface area contributed by atoms with E-state index in [1.807, 2.05) is 0 Å². The van der Waals surface area contributed by atoms with Crippen molar-refractivity contribution in [1.82, 2.24) is 15.3 Å². The van der Waals surface area contributed by atoms with Crippen molar-refractivity contribution >= 4 is 25.9 Å². The highest BCUT2D eigenvalue weighted by atomic mass is 31.2. The Hall–Kier alpha value is -3.89. The van der Waals surface area contributed by atoms with E-state index in [-0.39, 0.29) is 5.75 Å². The second-order valence-corrected chi connectivity index (χ2v) is 12.3. The Morgan fingerprint density at radius 1 is 1.19 bits per heavy atom. The van der Waals surface area contributed by atoms with Crippen LogP contribution < -0.4 is 14.9 Å². The summed E-state index contributed by atoms with van der Waals surface area (Å²) in [5.41, 5.74) is -1.34. The van der Waals surface area contributed by atoms with Crippen LogP contribution in [0.2, 0.25) is 0 Å². The summed E-state index contributed by atoms with van der Waals surface area (Å²) in [5, 5.41) is 15.4. The summed E-state index contributed by atoms with van der Waals surface area (Å²) < 4.78 is 47.4. The van der Waals surface area contributed by atoms with E-state index < -0.39 is 74.6 Å². The lowest BCUT2D eigenvalue weighted by Crippen LogP contribution is -2.52. The number of para-hydroxylation sites is 1. The summed E-state index contributed by atoms with van der Waals surface area (Å²) in [5.74, 6) is -0.537. The molecule has 0 aromatic heterocycles. The second-order valence-electron chi connectivity index (χ2n) is 10.6. The molecule has 0 spiro atoms. The number of nitrogens with one attached hydrogen (secondary N) is 2. The van der Waals surface area contributed by atoms with Crippen molar-refractivity contribution in [3.63, 3.8) is 0 Å². The fourth-order valence-electron chi connectivity index (χ4n) is 4.20. The van der Waals surface area contributed by atoms with Gasteiger partial charge in [0, 0.05) is 11.9 Å². The van der Waals surface area contributed by atoms with E-state index in [0.29, 0.717) is 5.70 Å². The van der Waals surface area contributed by atoms with E-state index in [4.69, 9.17) is 28.0 Å². The predicted octanol–water partition coefficient (Wildman–Crippen LogP) is 4.36. The SMILES string of the molecule is C=C1C=CN([C@@H]2O[C@H](COP(=O)(N[C@@H](C)C(=O)OC(C)C)Oc3ccccc3)[C@@H](OC(=O)OC(C)C)[C@@]2(C)C#N)C(=O)N1. The molecule has 2 aliphatic rings. The summed E-state index contributed by atoms with van der Waals surface area (Å²) in [7, 11) is -4.36. The molecule has 234 valence electrons. The van der Waals surface area contributed by atoms with E-state index in [0.717, 1.165) is 4.90 Å². The average molecular weight is 621 g/mol. The minimum absolute atomic E-state index is 0.165. The highest BCUT2D eigenvalue weighted by Crippen LogP contribution is 2.48. The van der Waals surface area contributed by atoms with E-state index >= 15 is 0 Å². The van der Waals surface area contributed by atoms with Gasteiger partial charge in [-0.2, -0.15) is 10.3 Å². The van der Waals surface area contributed by atoms with Crippen molar-refractivity contribution in [3.05, 3.63) is 54.9 Å². The van der Waals surface area contributed by atoms with Crippen molar-refractivity contribution in [1.29, 1.82) is 5.26 Å². The molecule has 0 saturated carbocycles. The molecule has 3 rings (SSSR count). The van der Waals surface area contributed by atoms with Gasteiger partial charge in [-0.3, -0.25) is 14.2 Å². The topological polar surface area (TPSA) is 175 Å². The molecule has 6 atom stereocenters. The third kappa shape index (κ3) is 8.58. The minimum atomic E-state index is -4.36. The number of allylic oxidation sites excluding steroid dienone is 1. The Bertz CT molecular complexity index is 1310. The third-order valence-electron chi connectivity index (χ3n) is 6.17. The fourth-order valence-corrected chi connectivity index (χ4v) is 5.70. The molecular formula is C28H37N4O10P. The van der Waals surface area contributed by atoms with Crippen molar-refractivity contribution in [3.8, 4) is 11.8 Å². The Balaban J connectivity index is 1.93. The highest BCUT2D eigenvalue weighted by Gasteiger charge is 2.60. The third-order valence-corrected chi connectivity index (χ3v) is 7.81. The molecule has 2 N–H and O–H groups in total. The van der Waals surface area contributed by atoms with Crippen LogP contribution in [0.15, 0.2) is 54.9 Å². The fraction of sp³-hybridized carbons (Fsp3) is 0.500. The molecule has 1 unspecified atom stereocenters. The quantitative estimate of drug-likeness (QED) is 0.250. The lowest BCUT2D eigenvalue weighted by atomic mass is 9.83. The first-order valence-corrected chi connectivity index (χ1v) is 15.1. The van der Waals surface area contributed by atoms with E-state index in [1.165, 1.54) is 38.3 Å². The number of urea groups is 1. The Kier molecular flexibility index (Phi) is 11.0. The summed E-state index contributed by atoms with van der Waals surface area (Å²) in [6, 6.07) is 8.42. The van der Waals surface area contributed by atoms with Gasteiger partial charge in [0.2, 0.25) is 0 Å². The van der Waals surface area contributed by atoms with E-state index in [2.05, 4.69) is 23.1 Å². The maximum atomic E-state index is 14.0. The average Bonchev–Trinajstić information content (AvgIpc) is 3.18. The van der Waals surface area contributed by atoms with Gasteiger partial charge >= 0.3 is 25.9 Å². The van der Waals surface area contributed by atoms with Crippen LogP contribution in [0.4, 0.5) is 9.59 Å². The normalized spacial score (nSPS) is 25.5. The molecule has 1 fully saturated rings. The number of carbonyl (C=O) groups excluding carboxylic acids is 3. The Morgan fingerprint density at radius 3 is 2.42 bits per heavy atom. The zero-order valence-corrected chi connectivity index (χ0v) is 25.7. The molecule has 2 aliphatic heterocycles. The van der Waals surface area contributed by atoms with Crippen LogP contribution in [0, 0.1) is 16.7 Å². The maximum Gasteiger partial charge on any atom is 0.508 e. The van der Waals surface area contributed by atoms with Gasteiger partial charge in [0.15, 0.2) is 12.3 Å². The van der Waals surface area contributed by atoms with Crippen LogP contribution in [-0.2, 0) is 32.8 Å². The Labute approximate surface area is 250 Å². The first-order valence-electron chi connectivity index (χ1n) is 13.6. The standard InChI is InChI=1S/C28H37N4O10P/c1-17(2)38-24(33)20(6)31-43(36,42-21-11-9-8-10-12-21)37-15-22-23(41-27(35)39-18(3)4)28(7,16-29)25(40-22)32-14-13-19(5)30-26(32)34/h8-14,17-18,20,22-23,25H,5,15H2,1-4,6-7H3,(H,30,34)(H,31,36)/t20-,22+,23+,25+,28+,43?/m0/s1. The summed E-state index contributed by atoms with van der Waals surface area (Å²) in [6.07, 6.45) is -3.08. The number of nitrogens with zero attached hydrogens (tertiary/aromatic N) is 2. The summed E-state index contributed by atoms with van der Waals surface area (Å²) in [6.45, 7) is 12.5. The number of hydrogen-bond acceptors (Lipinski definition) is 11. The summed E-state index contributed by atoms with van der Waals surface area (Å²) in [4.78, 5) is 39.0. The highest BCUT2D eigenvalue weighted by molar-refractivity contribution is 7.52. The first-order chi connectivity index (χ1) is 20.2. The predicted molar refractivity (Wildman–Crippen MR) is 152 cm³/mol. The van der Waals surface area contributed by atoms with Gasteiger partial charge in [-0.15, -0.1) is 0 Å². The summed E-state index contributed by atoms with van der Waals surface area (Å²) >= 11 is 0. The van der Waals surface area contributed by atoms with E-state index in [9.17, 15) is 24.2 Å². The number of amides is 2. The number of rotatable bonds is 12. The lowest BCUT2D eigenvalue weighted by Gasteiger charge is -2.35. The largest absolute Gasteiger partial charge is 0.508 e. The van der Waals surface area contributed by atoms with Crippen LogP contribution in [0.1, 0.15) is 41.5 Å².